The zero-order valence-corrected chi connectivity index (χ0v) is 16.2. The normalized spacial score (nSPS) is 24.9. The summed E-state index contributed by atoms with van der Waals surface area (Å²) in [5, 5.41) is 2.92. The Morgan fingerprint density at radius 3 is 2.74 bits per heavy atom. The Balaban J connectivity index is 1.54. The number of carbonyl (C=O) groups excluding carboxylic acids is 2. The van der Waals surface area contributed by atoms with Gasteiger partial charge in [0.1, 0.15) is 17.8 Å². The molecule has 1 N–H and O–H groups in total. The summed E-state index contributed by atoms with van der Waals surface area (Å²) >= 11 is 0. The maximum absolute atomic E-state index is 12.3. The van der Waals surface area contributed by atoms with Crippen LogP contribution < -0.4 is 5.32 Å². The van der Waals surface area contributed by atoms with Crippen LogP contribution in [0.25, 0.3) is 0 Å². The molecule has 2 fully saturated rings. The van der Waals surface area contributed by atoms with Crippen molar-refractivity contribution >= 4 is 12.2 Å². The molecule has 2 saturated heterocycles. The van der Waals surface area contributed by atoms with Crippen LogP contribution in [0.3, 0.4) is 0 Å². The molecule has 148 valence electrons. The molecule has 2 unspecified atom stereocenters. The minimum atomic E-state index is -0.567. The first-order valence-electron chi connectivity index (χ1n) is 9.37. The maximum atomic E-state index is 12.3. The molecule has 1 aromatic rings. The summed E-state index contributed by atoms with van der Waals surface area (Å²) in [7, 11) is 0. The number of benzene rings is 1. The van der Waals surface area contributed by atoms with E-state index in [-0.39, 0.29) is 18.7 Å². The summed E-state index contributed by atoms with van der Waals surface area (Å²) in [6.07, 6.45) is 0.545. The Morgan fingerprint density at radius 2 is 2.04 bits per heavy atom. The Bertz CT molecular complexity index is 673. The highest BCUT2D eigenvalue weighted by Crippen LogP contribution is 2.36. The standard InChI is InChI=1S/C20H28N2O5/c1-19(2,3)27-18(24)22-11-10-20(14-22)16(9-12-26-20)21-17(23)25-13-15-7-5-4-6-8-15/h4-8,16H,9-14H2,1-3H3,(H,21,23). The molecule has 0 aliphatic carbocycles. The van der Waals surface area contributed by atoms with Crippen molar-refractivity contribution in [3.05, 3.63) is 35.9 Å². The van der Waals surface area contributed by atoms with Crippen molar-refractivity contribution in [1.82, 2.24) is 10.2 Å². The van der Waals surface area contributed by atoms with E-state index in [2.05, 4.69) is 5.32 Å². The minimum Gasteiger partial charge on any atom is -0.445 e. The summed E-state index contributed by atoms with van der Waals surface area (Å²) < 4.78 is 16.7. The predicted molar refractivity (Wildman–Crippen MR) is 99.3 cm³/mol. The van der Waals surface area contributed by atoms with E-state index in [1.165, 1.54) is 0 Å². The molecule has 2 aliphatic rings. The van der Waals surface area contributed by atoms with Crippen molar-refractivity contribution in [2.24, 2.45) is 0 Å². The van der Waals surface area contributed by atoms with Gasteiger partial charge in [-0.15, -0.1) is 0 Å². The van der Waals surface area contributed by atoms with Gasteiger partial charge >= 0.3 is 12.2 Å². The van der Waals surface area contributed by atoms with Crippen molar-refractivity contribution in [2.45, 2.75) is 57.5 Å². The van der Waals surface area contributed by atoms with Crippen molar-refractivity contribution in [3.8, 4) is 0 Å². The first-order chi connectivity index (χ1) is 12.8. The second kappa shape index (κ2) is 7.76. The first kappa shape index (κ1) is 19.5. The Hall–Kier alpha value is -2.28. The number of nitrogens with one attached hydrogen (secondary N) is 1. The van der Waals surface area contributed by atoms with Crippen LogP contribution in [0.15, 0.2) is 30.3 Å². The lowest BCUT2D eigenvalue weighted by Crippen LogP contribution is -2.52. The van der Waals surface area contributed by atoms with Crippen molar-refractivity contribution in [2.75, 3.05) is 19.7 Å². The molecule has 3 rings (SSSR count). The van der Waals surface area contributed by atoms with Crippen LogP contribution in [0.2, 0.25) is 0 Å². The number of ether oxygens (including phenoxy) is 3. The lowest BCUT2D eigenvalue weighted by Gasteiger charge is -2.31. The van der Waals surface area contributed by atoms with E-state index in [4.69, 9.17) is 14.2 Å². The molecular formula is C20H28N2O5. The van der Waals surface area contributed by atoms with Crippen LogP contribution in [-0.2, 0) is 20.8 Å². The summed E-state index contributed by atoms with van der Waals surface area (Å²) in [6, 6.07) is 9.35. The molecular weight excluding hydrogens is 348 g/mol. The van der Waals surface area contributed by atoms with Gasteiger partial charge in [-0.3, -0.25) is 0 Å². The van der Waals surface area contributed by atoms with E-state index in [0.29, 0.717) is 32.5 Å². The zero-order valence-electron chi connectivity index (χ0n) is 16.2. The van der Waals surface area contributed by atoms with Gasteiger partial charge in [0, 0.05) is 13.2 Å². The number of hydrogen-bond donors (Lipinski definition) is 1. The third-order valence-corrected chi connectivity index (χ3v) is 4.85. The van der Waals surface area contributed by atoms with Crippen molar-refractivity contribution in [3.63, 3.8) is 0 Å². The Kier molecular flexibility index (Phi) is 5.60. The molecule has 2 aliphatic heterocycles. The number of carbonyl (C=O) groups is 2. The van der Waals surface area contributed by atoms with Gasteiger partial charge in [0.25, 0.3) is 0 Å². The highest BCUT2D eigenvalue weighted by molar-refractivity contribution is 5.69. The van der Waals surface area contributed by atoms with E-state index in [1.807, 2.05) is 51.1 Å². The number of alkyl carbamates (subject to hydrolysis) is 1. The number of amides is 2. The van der Waals surface area contributed by atoms with E-state index in [0.717, 1.165) is 5.56 Å². The van der Waals surface area contributed by atoms with Crippen molar-refractivity contribution < 1.29 is 23.8 Å². The van der Waals surface area contributed by atoms with Gasteiger partial charge in [-0.1, -0.05) is 30.3 Å². The van der Waals surface area contributed by atoms with Crippen molar-refractivity contribution in [1.29, 1.82) is 0 Å². The zero-order chi connectivity index (χ0) is 19.5. The van der Waals surface area contributed by atoms with E-state index >= 15 is 0 Å². The molecule has 7 heteroatoms. The van der Waals surface area contributed by atoms with Crippen LogP contribution in [0.4, 0.5) is 9.59 Å². The fraction of sp³-hybridized carbons (Fsp3) is 0.600. The van der Waals surface area contributed by atoms with Crippen LogP contribution in [0.1, 0.15) is 39.2 Å². The molecule has 0 radical (unpaired) electrons. The molecule has 0 aromatic heterocycles. The molecule has 2 amide bonds. The average molecular weight is 376 g/mol. The largest absolute Gasteiger partial charge is 0.445 e. The van der Waals surface area contributed by atoms with Crippen LogP contribution in [0.5, 0.6) is 0 Å². The summed E-state index contributed by atoms with van der Waals surface area (Å²) in [6.45, 7) is 7.25. The topological polar surface area (TPSA) is 77.1 Å². The van der Waals surface area contributed by atoms with Crippen LogP contribution >= 0.6 is 0 Å². The summed E-state index contributed by atoms with van der Waals surface area (Å²) in [5.41, 5.74) is -0.174. The molecule has 0 bridgehead atoms. The van der Waals surface area contributed by atoms with Gasteiger partial charge in [0.15, 0.2) is 0 Å². The molecule has 1 spiro atoms. The molecule has 27 heavy (non-hydrogen) atoms. The summed E-state index contributed by atoms with van der Waals surface area (Å²) in [5.74, 6) is 0. The molecule has 7 nitrogen and oxygen atoms in total. The predicted octanol–water partition coefficient (Wildman–Crippen LogP) is 3.08. The highest BCUT2D eigenvalue weighted by atomic mass is 16.6. The second-order valence-electron chi connectivity index (χ2n) is 8.11. The quantitative estimate of drug-likeness (QED) is 0.877. The molecule has 0 saturated carbocycles. The third-order valence-electron chi connectivity index (χ3n) is 4.85. The Labute approximate surface area is 160 Å². The molecule has 2 atom stereocenters. The Morgan fingerprint density at radius 1 is 1.30 bits per heavy atom. The van der Waals surface area contributed by atoms with Gasteiger partial charge in [0.2, 0.25) is 0 Å². The maximum Gasteiger partial charge on any atom is 0.410 e. The second-order valence-corrected chi connectivity index (χ2v) is 8.11. The van der Waals surface area contributed by atoms with Crippen LogP contribution in [0, 0.1) is 0 Å². The van der Waals surface area contributed by atoms with Gasteiger partial charge in [-0.05, 0) is 39.2 Å². The van der Waals surface area contributed by atoms with Gasteiger partial charge in [0.05, 0.1) is 12.6 Å². The molecule has 1 aromatic carbocycles. The van der Waals surface area contributed by atoms with Crippen LogP contribution in [-0.4, -0.2) is 54.0 Å². The number of nitrogens with zero attached hydrogens (tertiary/aromatic N) is 1. The van der Waals surface area contributed by atoms with E-state index in [9.17, 15) is 9.59 Å². The van der Waals surface area contributed by atoms with Gasteiger partial charge in [-0.25, -0.2) is 9.59 Å². The fourth-order valence-electron chi connectivity index (χ4n) is 3.54. The first-order valence-corrected chi connectivity index (χ1v) is 9.37. The van der Waals surface area contributed by atoms with E-state index in [1.54, 1.807) is 4.90 Å². The SMILES string of the molecule is CC(C)(C)OC(=O)N1CCC2(C1)OCCC2NC(=O)OCc1ccccc1. The number of rotatable bonds is 3. The van der Waals surface area contributed by atoms with Gasteiger partial charge < -0.3 is 24.4 Å². The molecule has 2 heterocycles. The number of likely N-dealkylation sites (tertiary alicyclic amines) is 1. The lowest BCUT2D eigenvalue weighted by molar-refractivity contribution is -0.00982. The fourth-order valence-corrected chi connectivity index (χ4v) is 3.54. The van der Waals surface area contributed by atoms with Gasteiger partial charge in [-0.2, -0.15) is 0 Å². The third kappa shape index (κ3) is 4.91. The van der Waals surface area contributed by atoms with E-state index < -0.39 is 17.3 Å². The lowest BCUT2D eigenvalue weighted by atomic mass is 9.93. The smallest absolute Gasteiger partial charge is 0.410 e. The average Bonchev–Trinajstić information content (AvgIpc) is 3.21. The highest BCUT2D eigenvalue weighted by Gasteiger charge is 2.51. The number of hydrogen-bond acceptors (Lipinski definition) is 5. The minimum absolute atomic E-state index is 0.187. The summed E-state index contributed by atoms with van der Waals surface area (Å²) in [4.78, 5) is 26.2. The monoisotopic (exact) mass is 376 g/mol.